The van der Waals surface area contributed by atoms with Crippen LogP contribution in [0.4, 0.5) is 15.9 Å². The molecule has 0 fully saturated rings. The molecule has 1 amide bonds. The predicted octanol–water partition coefficient (Wildman–Crippen LogP) is 1.29. The Balaban J connectivity index is 2.21. The summed E-state index contributed by atoms with van der Waals surface area (Å²) in [5.74, 6) is -0.204. The number of nitrogens with zero attached hydrogens (tertiary/aromatic N) is 1. The van der Waals surface area contributed by atoms with Gasteiger partial charge in [0, 0.05) is 11.6 Å². The van der Waals surface area contributed by atoms with E-state index >= 15 is 0 Å². The van der Waals surface area contributed by atoms with E-state index in [0.29, 0.717) is 28.3 Å². The molecule has 0 aliphatic carbocycles. The first kappa shape index (κ1) is 9.83. The number of hydrogen-bond acceptors (Lipinski definition) is 3. The van der Waals surface area contributed by atoms with Crippen molar-refractivity contribution in [3.63, 3.8) is 0 Å². The maximum absolute atomic E-state index is 13.4. The van der Waals surface area contributed by atoms with E-state index in [4.69, 9.17) is 5.73 Å². The molecule has 17 heavy (non-hydrogen) atoms. The number of rotatable bonds is 1. The van der Waals surface area contributed by atoms with E-state index in [0.717, 1.165) is 0 Å². The van der Waals surface area contributed by atoms with Gasteiger partial charge >= 0.3 is 0 Å². The number of hydrogen-bond donors (Lipinski definition) is 3. The number of nitrogen functional groups attached to an aromatic ring is 1. The van der Waals surface area contributed by atoms with Crippen LogP contribution in [0.25, 0.3) is 11.3 Å². The molecule has 86 valence electrons. The average Bonchev–Trinajstić information content (AvgIpc) is 2.82. The van der Waals surface area contributed by atoms with Crippen LogP contribution in [0.1, 0.15) is 5.56 Å². The Morgan fingerprint density at radius 3 is 2.88 bits per heavy atom. The van der Waals surface area contributed by atoms with Gasteiger partial charge in [0.15, 0.2) is 0 Å². The normalized spacial score (nSPS) is 13.6. The highest BCUT2D eigenvalue weighted by atomic mass is 19.1. The smallest absolute Gasteiger partial charge is 0.228 e. The highest BCUT2D eigenvalue weighted by molar-refractivity contribution is 6.03. The zero-order valence-electron chi connectivity index (χ0n) is 8.75. The Morgan fingerprint density at radius 1 is 1.35 bits per heavy atom. The Bertz CT molecular complexity index is 620. The fraction of sp³-hybridized carbons (Fsp3) is 0.0909. The van der Waals surface area contributed by atoms with Crippen LogP contribution in [-0.2, 0) is 11.2 Å². The molecule has 0 bridgehead atoms. The van der Waals surface area contributed by atoms with Gasteiger partial charge in [0.1, 0.15) is 11.6 Å². The van der Waals surface area contributed by atoms with E-state index in [1.807, 2.05) is 0 Å². The Labute approximate surface area is 95.8 Å². The molecule has 0 saturated carbocycles. The molecule has 1 aromatic carbocycles. The molecule has 0 spiro atoms. The third-order valence-corrected chi connectivity index (χ3v) is 2.69. The number of aromatic amines is 1. The van der Waals surface area contributed by atoms with Gasteiger partial charge in [0.25, 0.3) is 0 Å². The van der Waals surface area contributed by atoms with Gasteiger partial charge < -0.3 is 11.1 Å². The molecule has 0 radical (unpaired) electrons. The van der Waals surface area contributed by atoms with Crippen LogP contribution in [0.2, 0.25) is 0 Å². The van der Waals surface area contributed by atoms with Crippen LogP contribution in [0, 0.1) is 5.82 Å². The molecule has 0 atom stereocenters. The zero-order valence-corrected chi connectivity index (χ0v) is 8.75. The minimum absolute atomic E-state index is 0.140. The summed E-state index contributed by atoms with van der Waals surface area (Å²) in [7, 11) is 0. The number of nitrogens with two attached hydrogens (primary N) is 1. The van der Waals surface area contributed by atoms with Crippen molar-refractivity contribution in [2.75, 3.05) is 11.1 Å². The van der Waals surface area contributed by atoms with Crippen LogP contribution in [0.15, 0.2) is 18.2 Å². The monoisotopic (exact) mass is 232 g/mol. The van der Waals surface area contributed by atoms with Gasteiger partial charge in [-0.2, -0.15) is 5.10 Å². The zero-order chi connectivity index (χ0) is 12.0. The fourth-order valence-electron chi connectivity index (χ4n) is 1.99. The number of anilines is 2. The van der Waals surface area contributed by atoms with Crippen molar-refractivity contribution in [3.8, 4) is 11.3 Å². The number of nitrogens with one attached hydrogen (secondary N) is 2. The maximum Gasteiger partial charge on any atom is 0.228 e. The highest BCUT2D eigenvalue weighted by Crippen LogP contribution is 2.35. The maximum atomic E-state index is 13.4. The topological polar surface area (TPSA) is 83.8 Å². The SMILES string of the molecule is Nc1cc(-c2cc(F)cc3c2NC(=O)C3)[nH]n1. The van der Waals surface area contributed by atoms with E-state index in [2.05, 4.69) is 15.5 Å². The number of H-pyrrole nitrogens is 1. The van der Waals surface area contributed by atoms with E-state index in [9.17, 15) is 9.18 Å². The van der Waals surface area contributed by atoms with Gasteiger partial charge in [-0.25, -0.2) is 4.39 Å². The summed E-state index contributed by atoms with van der Waals surface area (Å²) < 4.78 is 13.4. The van der Waals surface area contributed by atoms with Crippen LogP contribution in [0.3, 0.4) is 0 Å². The summed E-state index contributed by atoms with van der Waals surface area (Å²) in [5, 5.41) is 9.19. The first-order valence-corrected chi connectivity index (χ1v) is 5.07. The van der Waals surface area contributed by atoms with Crippen molar-refractivity contribution in [1.82, 2.24) is 10.2 Å². The van der Waals surface area contributed by atoms with Crippen molar-refractivity contribution >= 4 is 17.4 Å². The third kappa shape index (κ3) is 1.54. The Kier molecular flexibility index (Phi) is 1.91. The second-order valence-corrected chi connectivity index (χ2v) is 3.92. The second kappa shape index (κ2) is 3.31. The molecule has 2 aromatic rings. The van der Waals surface area contributed by atoms with E-state index in [1.54, 1.807) is 6.07 Å². The van der Waals surface area contributed by atoms with Gasteiger partial charge in [0.2, 0.25) is 5.91 Å². The molecule has 4 N–H and O–H groups in total. The molecule has 5 nitrogen and oxygen atoms in total. The summed E-state index contributed by atoms with van der Waals surface area (Å²) in [6.07, 6.45) is 0.198. The lowest BCUT2D eigenvalue weighted by Crippen LogP contribution is -2.04. The van der Waals surface area contributed by atoms with Gasteiger partial charge in [-0.1, -0.05) is 0 Å². The highest BCUT2D eigenvalue weighted by Gasteiger charge is 2.23. The quantitative estimate of drug-likeness (QED) is 0.692. The van der Waals surface area contributed by atoms with Gasteiger partial charge in [-0.15, -0.1) is 0 Å². The number of amides is 1. The average molecular weight is 232 g/mol. The number of carbonyl (C=O) groups excluding carboxylic acids is 1. The van der Waals surface area contributed by atoms with Crippen LogP contribution in [-0.4, -0.2) is 16.1 Å². The molecule has 0 saturated heterocycles. The number of fused-ring (bicyclic) bond motifs is 1. The largest absolute Gasteiger partial charge is 0.382 e. The van der Waals surface area contributed by atoms with Crippen molar-refractivity contribution in [2.24, 2.45) is 0 Å². The lowest BCUT2D eigenvalue weighted by Gasteiger charge is -2.06. The second-order valence-electron chi connectivity index (χ2n) is 3.92. The van der Waals surface area contributed by atoms with E-state index in [1.165, 1.54) is 12.1 Å². The van der Waals surface area contributed by atoms with Crippen molar-refractivity contribution in [2.45, 2.75) is 6.42 Å². The van der Waals surface area contributed by atoms with Crippen molar-refractivity contribution in [1.29, 1.82) is 0 Å². The molecule has 1 aliphatic heterocycles. The molecule has 0 unspecified atom stereocenters. The lowest BCUT2D eigenvalue weighted by molar-refractivity contribution is -0.115. The molecular weight excluding hydrogens is 223 g/mol. The molecule has 3 rings (SSSR count). The Morgan fingerprint density at radius 2 is 2.18 bits per heavy atom. The molecule has 6 heteroatoms. The van der Waals surface area contributed by atoms with Crippen molar-refractivity contribution in [3.05, 3.63) is 29.6 Å². The van der Waals surface area contributed by atoms with Crippen LogP contribution < -0.4 is 11.1 Å². The standard InChI is InChI=1S/C11H9FN4O/c12-6-1-5-2-10(17)14-11(5)7(3-6)8-4-9(13)16-15-8/h1,3-4H,2H2,(H,14,17)(H3,13,15,16). The number of carbonyl (C=O) groups is 1. The fourth-order valence-corrected chi connectivity index (χ4v) is 1.99. The van der Waals surface area contributed by atoms with E-state index in [-0.39, 0.29) is 18.1 Å². The number of halogens is 1. The lowest BCUT2D eigenvalue weighted by atomic mass is 10.0. The summed E-state index contributed by atoms with van der Waals surface area (Å²) >= 11 is 0. The molecule has 1 aromatic heterocycles. The molecular formula is C11H9FN4O. The van der Waals surface area contributed by atoms with E-state index < -0.39 is 0 Å². The van der Waals surface area contributed by atoms with Gasteiger partial charge in [-0.05, 0) is 17.7 Å². The van der Waals surface area contributed by atoms with Crippen molar-refractivity contribution < 1.29 is 9.18 Å². The molecule has 2 heterocycles. The summed E-state index contributed by atoms with van der Waals surface area (Å²) in [6, 6.07) is 4.30. The van der Waals surface area contributed by atoms with Gasteiger partial charge in [-0.3, -0.25) is 9.89 Å². The summed E-state index contributed by atoms with van der Waals surface area (Å²) in [5.41, 5.74) is 7.93. The van der Waals surface area contributed by atoms with Gasteiger partial charge in [0.05, 0.1) is 17.8 Å². The predicted molar refractivity (Wildman–Crippen MR) is 60.7 cm³/mol. The number of aromatic nitrogens is 2. The first-order chi connectivity index (χ1) is 8.13. The third-order valence-electron chi connectivity index (χ3n) is 2.69. The summed E-state index contributed by atoms with van der Waals surface area (Å²) in [4.78, 5) is 11.3. The number of benzene rings is 1. The Hall–Kier alpha value is -2.37. The van der Waals surface area contributed by atoms with Crippen LogP contribution >= 0.6 is 0 Å². The minimum atomic E-state index is -0.386. The first-order valence-electron chi connectivity index (χ1n) is 5.07. The summed E-state index contributed by atoms with van der Waals surface area (Å²) in [6.45, 7) is 0. The minimum Gasteiger partial charge on any atom is -0.382 e. The molecule has 1 aliphatic rings. The van der Waals surface area contributed by atoms with Crippen LogP contribution in [0.5, 0.6) is 0 Å².